The minimum atomic E-state index is -0.208. The smallest absolute Gasteiger partial charge is 0.123 e. The Labute approximate surface area is 118 Å². The van der Waals surface area contributed by atoms with E-state index in [1.807, 2.05) is 18.4 Å². The van der Waals surface area contributed by atoms with Crippen LogP contribution in [0.2, 0.25) is 0 Å². The Morgan fingerprint density at radius 2 is 2.21 bits per heavy atom. The summed E-state index contributed by atoms with van der Waals surface area (Å²) in [6.07, 6.45) is 0.722. The Hall–Kier alpha value is -1.30. The third kappa shape index (κ3) is 2.68. The van der Waals surface area contributed by atoms with E-state index < -0.39 is 0 Å². The average molecular weight is 292 g/mol. The Morgan fingerprint density at radius 3 is 2.95 bits per heavy atom. The Kier molecular flexibility index (Phi) is 3.35. The van der Waals surface area contributed by atoms with E-state index in [2.05, 4.69) is 4.98 Å². The van der Waals surface area contributed by atoms with E-state index in [-0.39, 0.29) is 11.9 Å². The third-order valence-electron chi connectivity index (χ3n) is 2.96. The number of benzene rings is 1. The third-order valence-corrected chi connectivity index (χ3v) is 5.03. The van der Waals surface area contributed by atoms with E-state index in [0.717, 1.165) is 32.1 Å². The van der Waals surface area contributed by atoms with Crippen molar-refractivity contribution in [1.29, 1.82) is 0 Å². The van der Waals surface area contributed by atoms with Gasteiger partial charge in [0.1, 0.15) is 5.82 Å². The quantitative estimate of drug-likeness (QED) is 0.791. The second-order valence-electron chi connectivity index (χ2n) is 4.50. The summed E-state index contributed by atoms with van der Waals surface area (Å²) in [4.78, 5) is 5.50. The molecular weight excluding hydrogens is 279 g/mol. The summed E-state index contributed by atoms with van der Waals surface area (Å²) in [5.74, 6) is -0.208. The molecule has 3 aromatic rings. The molecule has 0 aliphatic heterocycles. The van der Waals surface area contributed by atoms with Crippen molar-refractivity contribution in [2.45, 2.75) is 19.4 Å². The molecule has 5 heteroatoms. The first-order chi connectivity index (χ1) is 9.11. The van der Waals surface area contributed by atoms with Crippen LogP contribution in [-0.4, -0.2) is 4.98 Å². The molecule has 19 heavy (non-hydrogen) atoms. The van der Waals surface area contributed by atoms with Crippen LogP contribution in [-0.2, 0) is 6.42 Å². The highest BCUT2D eigenvalue weighted by Crippen LogP contribution is 2.31. The maximum atomic E-state index is 13.2. The normalized spacial score (nSPS) is 13.0. The molecule has 0 radical (unpaired) electrons. The fourth-order valence-electron chi connectivity index (χ4n) is 2.05. The van der Waals surface area contributed by atoms with Crippen LogP contribution in [0.15, 0.2) is 29.6 Å². The van der Waals surface area contributed by atoms with Crippen molar-refractivity contribution in [2.24, 2.45) is 5.73 Å². The van der Waals surface area contributed by atoms with Gasteiger partial charge in [0, 0.05) is 27.4 Å². The number of halogens is 1. The van der Waals surface area contributed by atoms with Crippen molar-refractivity contribution in [3.05, 3.63) is 51.0 Å². The number of rotatable bonds is 3. The van der Waals surface area contributed by atoms with Crippen LogP contribution in [0.25, 0.3) is 10.1 Å². The summed E-state index contributed by atoms with van der Waals surface area (Å²) in [6, 6.07) is 6.74. The minimum absolute atomic E-state index is 0.0815. The molecule has 0 amide bonds. The molecule has 2 heterocycles. The van der Waals surface area contributed by atoms with E-state index in [1.165, 1.54) is 6.07 Å². The van der Waals surface area contributed by atoms with Crippen molar-refractivity contribution >= 4 is 32.8 Å². The van der Waals surface area contributed by atoms with Gasteiger partial charge in [-0.15, -0.1) is 22.7 Å². The zero-order valence-electron chi connectivity index (χ0n) is 10.4. The molecule has 1 unspecified atom stereocenters. The number of aryl methyl sites for hydroxylation is 1. The van der Waals surface area contributed by atoms with Crippen molar-refractivity contribution in [3.63, 3.8) is 0 Å². The lowest BCUT2D eigenvalue weighted by Gasteiger charge is -2.06. The Morgan fingerprint density at radius 1 is 1.37 bits per heavy atom. The lowest BCUT2D eigenvalue weighted by Crippen LogP contribution is -2.11. The first kappa shape index (κ1) is 12.7. The van der Waals surface area contributed by atoms with Gasteiger partial charge in [-0.3, -0.25) is 0 Å². The monoisotopic (exact) mass is 292 g/mol. The average Bonchev–Trinajstić information content (AvgIpc) is 2.95. The van der Waals surface area contributed by atoms with Gasteiger partial charge in [0.2, 0.25) is 0 Å². The van der Waals surface area contributed by atoms with Crippen molar-refractivity contribution in [2.75, 3.05) is 0 Å². The maximum Gasteiger partial charge on any atom is 0.123 e. The van der Waals surface area contributed by atoms with Gasteiger partial charge in [0.15, 0.2) is 0 Å². The van der Waals surface area contributed by atoms with Crippen LogP contribution in [0.4, 0.5) is 4.39 Å². The zero-order chi connectivity index (χ0) is 13.4. The lowest BCUT2D eigenvalue weighted by atomic mass is 10.1. The molecule has 2 aromatic heterocycles. The number of fused-ring (bicyclic) bond motifs is 1. The summed E-state index contributed by atoms with van der Waals surface area (Å²) in [7, 11) is 0. The Balaban J connectivity index is 1.86. The lowest BCUT2D eigenvalue weighted by molar-refractivity contribution is 0.630. The molecule has 0 spiro atoms. The molecule has 0 aliphatic carbocycles. The van der Waals surface area contributed by atoms with Crippen LogP contribution in [0.5, 0.6) is 0 Å². The van der Waals surface area contributed by atoms with E-state index >= 15 is 0 Å². The van der Waals surface area contributed by atoms with Gasteiger partial charge >= 0.3 is 0 Å². The summed E-state index contributed by atoms with van der Waals surface area (Å²) < 4.78 is 14.2. The second-order valence-corrected chi connectivity index (χ2v) is 6.68. The molecule has 0 saturated carbocycles. The summed E-state index contributed by atoms with van der Waals surface area (Å²) in [5, 5.41) is 4.02. The molecule has 0 bridgehead atoms. The number of thiophene rings is 1. The highest BCUT2D eigenvalue weighted by atomic mass is 32.1. The van der Waals surface area contributed by atoms with Gasteiger partial charge in [-0.2, -0.15) is 0 Å². The largest absolute Gasteiger partial charge is 0.323 e. The van der Waals surface area contributed by atoms with Crippen molar-refractivity contribution in [3.8, 4) is 0 Å². The number of hydrogen-bond acceptors (Lipinski definition) is 4. The molecule has 1 aromatic carbocycles. The van der Waals surface area contributed by atoms with Gasteiger partial charge in [0.05, 0.1) is 10.7 Å². The number of nitrogens with zero attached hydrogens (tertiary/aromatic N) is 1. The fraction of sp³-hybridized carbons (Fsp3) is 0.214. The summed E-state index contributed by atoms with van der Waals surface area (Å²) in [5.41, 5.74) is 7.25. The first-order valence-electron chi connectivity index (χ1n) is 5.97. The minimum Gasteiger partial charge on any atom is -0.323 e. The van der Waals surface area contributed by atoms with Crippen LogP contribution in [0.3, 0.4) is 0 Å². The zero-order valence-corrected chi connectivity index (χ0v) is 12.0. The van der Waals surface area contributed by atoms with Gasteiger partial charge in [0.25, 0.3) is 0 Å². The van der Waals surface area contributed by atoms with E-state index in [9.17, 15) is 4.39 Å². The maximum absolute atomic E-state index is 13.2. The predicted octanol–water partition coefficient (Wildman–Crippen LogP) is 4.05. The number of thiazole rings is 1. The van der Waals surface area contributed by atoms with E-state index in [0.29, 0.717) is 0 Å². The molecule has 3 rings (SSSR count). The number of aromatic nitrogens is 1. The van der Waals surface area contributed by atoms with Crippen LogP contribution >= 0.6 is 22.7 Å². The van der Waals surface area contributed by atoms with Crippen LogP contribution in [0.1, 0.15) is 21.6 Å². The van der Waals surface area contributed by atoms with Gasteiger partial charge in [-0.1, -0.05) is 0 Å². The Bertz CT molecular complexity index is 717. The molecule has 0 fully saturated rings. The summed E-state index contributed by atoms with van der Waals surface area (Å²) >= 11 is 3.26. The molecule has 98 valence electrons. The van der Waals surface area contributed by atoms with Crippen molar-refractivity contribution < 1.29 is 4.39 Å². The van der Waals surface area contributed by atoms with Crippen LogP contribution < -0.4 is 5.73 Å². The molecule has 0 aliphatic rings. The topological polar surface area (TPSA) is 38.9 Å². The highest BCUT2D eigenvalue weighted by Gasteiger charge is 2.13. The standard InChI is InChI=1S/C14H13FN2S2/c1-8-17-11(7-18-8)6-12(16)14-5-9-4-10(15)2-3-13(9)19-14/h2-5,7,12H,6,16H2,1H3. The number of hydrogen-bond donors (Lipinski definition) is 1. The summed E-state index contributed by atoms with van der Waals surface area (Å²) in [6.45, 7) is 1.99. The number of nitrogens with two attached hydrogens (primary N) is 1. The van der Waals surface area contributed by atoms with Gasteiger partial charge < -0.3 is 5.73 Å². The van der Waals surface area contributed by atoms with Crippen molar-refractivity contribution in [1.82, 2.24) is 4.98 Å². The highest BCUT2D eigenvalue weighted by molar-refractivity contribution is 7.19. The second kappa shape index (κ2) is 5.00. The van der Waals surface area contributed by atoms with E-state index in [4.69, 9.17) is 5.73 Å². The van der Waals surface area contributed by atoms with E-state index in [1.54, 1.807) is 34.8 Å². The van der Waals surface area contributed by atoms with Gasteiger partial charge in [-0.25, -0.2) is 9.37 Å². The molecule has 2 N–H and O–H groups in total. The fourth-order valence-corrected chi connectivity index (χ4v) is 3.72. The first-order valence-corrected chi connectivity index (χ1v) is 7.67. The predicted molar refractivity (Wildman–Crippen MR) is 79.3 cm³/mol. The molecular formula is C14H13FN2S2. The molecule has 2 nitrogen and oxygen atoms in total. The van der Waals surface area contributed by atoms with Crippen LogP contribution in [0, 0.1) is 12.7 Å². The SMILES string of the molecule is Cc1nc(CC(N)c2cc3cc(F)ccc3s2)cs1. The van der Waals surface area contributed by atoms with Gasteiger partial charge in [-0.05, 0) is 36.6 Å². The molecule has 0 saturated heterocycles. The molecule has 1 atom stereocenters.